The van der Waals surface area contributed by atoms with E-state index in [-0.39, 0.29) is 224 Å². The molecule has 1 fully saturated rings. The van der Waals surface area contributed by atoms with Gasteiger partial charge in [-0.2, -0.15) is 0 Å². The molecule has 1 aliphatic heterocycles. The Hall–Kier alpha value is 2.77. The summed E-state index contributed by atoms with van der Waals surface area (Å²) >= 11 is 0. The van der Waals surface area contributed by atoms with Gasteiger partial charge in [0.2, 0.25) is 0 Å². The fourth-order valence-corrected chi connectivity index (χ4v) is 4.16. The van der Waals surface area contributed by atoms with Gasteiger partial charge in [0.15, 0.2) is 5.78 Å². The third kappa shape index (κ3) is 36.4. The number of piperidine rings is 1. The molecule has 8 heteroatoms. The van der Waals surface area contributed by atoms with Crippen LogP contribution >= 0.6 is 0 Å². The van der Waals surface area contributed by atoms with Crippen molar-refractivity contribution in [3.63, 3.8) is 0 Å². The first-order valence-electron chi connectivity index (χ1n) is 14.9. The summed E-state index contributed by atoms with van der Waals surface area (Å²) in [4.78, 5) is 15.1. The molecule has 5 radical (unpaired) electrons. The fraction of sp³-hybridized carbons (Fsp3) is 0.429. The summed E-state index contributed by atoms with van der Waals surface area (Å²) in [6.07, 6.45) is 14.9. The zero-order valence-electron chi connectivity index (χ0n) is 34.7. The molecule has 1 atom stereocenters. The zero-order valence-corrected chi connectivity index (χ0v) is 48.9. The third-order valence-corrected chi connectivity index (χ3v) is 6.88. The number of nitrogens with zero attached hydrogens (tertiary/aromatic N) is 1. The smallest absolute Gasteiger partial charge is 0.162 e. The van der Waals surface area contributed by atoms with E-state index in [9.17, 15) is 4.79 Å². The maximum absolute atomic E-state index is 12.7. The van der Waals surface area contributed by atoms with Crippen molar-refractivity contribution < 1.29 is 173 Å². The number of rotatable bonds is 12. The van der Waals surface area contributed by atoms with E-state index in [0.29, 0.717) is 12.0 Å². The van der Waals surface area contributed by atoms with Gasteiger partial charge < -0.3 is 46.8 Å². The van der Waals surface area contributed by atoms with E-state index >= 15 is 0 Å². The first kappa shape index (κ1) is 81.1. The number of Topliss-reactive ketones (excluding diaryl/α,β-unsaturated/α-hetero) is 1. The van der Waals surface area contributed by atoms with Crippen LogP contribution in [0.4, 0.5) is 0 Å². The van der Waals surface area contributed by atoms with E-state index in [2.05, 4.69) is 83.5 Å². The molecule has 1 heterocycles. The van der Waals surface area contributed by atoms with E-state index in [1.54, 1.807) is 12.2 Å². The largest absolute Gasteiger partial charge is 0.366 e. The molecule has 1 aliphatic rings. The Morgan fingerprint density at radius 1 is 0.860 bits per heavy atom. The summed E-state index contributed by atoms with van der Waals surface area (Å²) in [5.74, 6) is 0.173. The fourth-order valence-electron chi connectivity index (χ4n) is 4.16. The monoisotopic (exact) mass is 1070 g/mol. The Labute approximate surface area is 440 Å². The van der Waals surface area contributed by atoms with Gasteiger partial charge in [-0.15, -0.1) is 6.58 Å². The number of likely N-dealkylation sites (tertiary alicyclic amines) is 1. The van der Waals surface area contributed by atoms with Gasteiger partial charge >= 0.3 is 0 Å². The summed E-state index contributed by atoms with van der Waals surface area (Å²) in [5.41, 5.74) is 4.41. The van der Waals surface area contributed by atoms with Crippen molar-refractivity contribution in [2.75, 3.05) is 19.6 Å². The Kier molecular flexibility index (Phi) is 80.7. The van der Waals surface area contributed by atoms with Gasteiger partial charge in [-0.3, -0.25) is 4.79 Å². The SMILES string of the molecule is C=C/C=C(\C)C(OC1CCN(CCCC(=O)/C(C=C)=C/C=C(\C)C(C)(C)C)CC1)c1ccccc1.C=CC.CC.[CH3-].[CH3-].[CH3-].[CH3-].[CH3-].[Y].[Y].[Y].[Y].[Y]. The molecule has 3 nitrogen and oxygen atoms in total. The number of benzene rings is 1. The maximum Gasteiger partial charge on any atom is 0.162 e. The minimum Gasteiger partial charge on any atom is -0.366 e. The molecule has 0 saturated carbocycles. The van der Waals surface area contributed by atoms with Crippen molar-refractivity contribution in [1.29, 1.82) is 0 Å². The van der Waals surface area contributed by atoms with Crippen LogP contribution in [0, 0.1) is 42.5 Å². The number of allylic oxidation sites excluding steroid dienone is 8. The van der Waals surface area contributed by atoms with Crippen molar-refractivity contribution in [3.8, 4) is 0 Å². The number of ether oxygens (including phenoxy) is 1. The van der Waals surface area contributed by atoms with Crippen LogP contribution in [-0.4, -0.2) is 36.4 Å². The molecule has 0 aliphatic carbocycles. The normalized spacial score (nSPS) is 12.8. The van der Waals surface area contributed by atoms with Gasteiger partial charge in [0.25, 0.3) is 0 Å². The van der Waals surface area contributed by atoms with Crippen molar-refractivity contribution >= 4 is 5.78 Å². The minimum absolute atomic E-state index is 0. The molecule has 0 N–H and O–H groups in total. The Morgan fingerprint density at radius 3 is 1.72 bits per heavy atom. The molecule has 2 rings (SSSR count). The molecule has 1 aromatic carbocycles. The van der Waals surface area contributed by atoms with E-state index in [0.717, 1.165) is 38.9 Å². The predicted octanol–water partition coefficient (Wildman–Crippen LogP) is 12.3. The van der Waals surface area contributed by atoms with Crippen LogP contribution in [0.25, 0.3) is 0 Å². The number of ketones is 1. The van der Waals surface area contributed by atoms with Crippen molar-refractivity contribution in [1.82, 2.24) is 4.90 Å². The summed E-state index contributed by atoms with van der Waals surface area (Å²) in [7, 11) is 0. The maximum atomic E-state index is 12.7. The van der Waals surface area contributed by atoms with E-state index in [1.807, 2.05) is 51.1 Å². The number of hydrogen-bond acceptors (Lipinski definition) is 3. The molecule has 50 heavy (non-hydrogen) atoms. The average molecular weight is 1070 g/mol. The second-order valence-electron chi connectivity index (χ2n) is 11.0. The summed E-state index contributed by atoms with van der Waals surface area (Å²) in [6, 6.07) is 10.4. The molecule has 1 saturated heterocycles. The Bertz CT molecular complexity index is 991. The molecule has 0 spiro atoms. The standard InChI is InChI=1S/C32H45NO2.C3H6.C2H6.5CH3.5Y/c1-8-14-25(3)31(28-15-11-10-12-16-28)35-29-20-23-33(24-21-29)22-13-17-30(34)27(9-2)19-18-26(4)32(5,6)7;1-3-2;1-2;;;;;;;;;;/h8-12,14-16,18-19,29,31H,1-2,13,17,20-24H2,3-7H3;3H,1H2,2H3;1-2H3;5*1H3;;;;;/q;;;5*-1;;;;;/b25-14+,26-18+,27-19+;;;;;;;;;;;;. The number of carbonyl (C=O) groups is 1. The van der Waals surface area contributed by atoms with Crippen LogP contribution < -0.4 is 0 Å². The second kappa shape index (κ2) is 49.8. The number of carbonyl (C=O) groups excluding carboxylic acids is 1. The van der Waals surface area contributed by atoms with Gasteiger partial charge in [-0.05, 0) is 63.1 Å². The molecule has 0 amide bonds. The minimum atomic E-state index is -0.0385. The van der Waals surface area contributed by atoms with E-state index < -0.39 is 0 Å². The first-order valence-corrected chi connectivity index (χ1v) is 14.9. The van der Waals surface area contributed by atoms with Gasteiger partial charge in [-0.25, -0.2) is 0 Å². The van der Waals surface area contributed by atoms with Crippen LogP contribution in [0.5, 0.6) is 0 Å². The molecule has 0 aromatic heterocycles. The summed E-state index contributed by atoms with van der Waals surface area (Å²) in [5, 5.41) is 0. The molecule has 0 bridgehead atoms. The summed E-state index contributed by atoms with van der Waals surface area (Å²) < 4.78 is 6.58. The van der Waals surface area contributed by atoms with Gasteiger partial charge in [-0.1, -0.05) is 120 Å². The van der Waals surface area contributed by atoms with Crippen LogP contribution in [-0.2, 0) is 173 Å². The first-order chi connectivity index (χ1) is 19.1. The van der Waals surface area contributed by atoms with Crippen molar-refractivity contribution in [2.45, 2.75) is 93.3 Å². The average Bonchev–Trinajstić information content (AvgIpc) is 2.94. The third-order valence-electron chi connectivity index (χ3n) is 6.88. The Morgan fingerprint density at radius 2 is 1.32 bits per heavy atom. The van der Waals surface area contributed by atoms with E-state index in [1.165, 1.54) is 16.7 Å². The number of hydrogen-bond donors (Lipinski definition) is 0. The van der Waals surface area contributed by atoms with Gasteiger partial charge in [0.05, 0.1) is 6.10 Å². The van der Waals surface area contributed by atoms with E-state index in [4.69, 9.17) is 4.74 Å². The van der Waals surface area contributed by atoms with Crippen LogP contribution in [0.2, 0.25) is 0 Å². The molecule has 277 valence electrons. The molecular formula is C42H72NO2Y5-5. The molecule has 1 unspecified atom stereocenters. The second-order valence-corrected chi connectivity index (χ2v) is 11.0. The van der Waals surface area contributed by atoms with Crippen LogP contribution in [0.3, 0.4) is 0 Å². The van der Waals surface area contributed by atoms with Crippen molar-refractivity contribution in [3.05, 3.63) is 146 Å². The summed E-state index contributed by atoms with van der Waals surface area (Å²) in [6.45, 7) is 30.6. The zero-order chi connectivity index (χ0) is 30.6. The Balaban J connectivity index is -0.000000107. The topological polar surface area (TPSA) is 29.5 Å². The van der Waals surface area contributed by atoms with Crippen molar-refractivity contribution in [2.24, 2.45) is 5.41 Å². The predicted molar refractivity (Wildman–Crippen MR) is 209 cm³/mol. The van der Waals surface area contributed by atoms with Crippen LogP contribution in [0.1, 0.15) is 92.7 Å². The van der Waals surface area contributed by atoms with Gasteiger partial charge in [0.1, 0.15) is 6.10 Å². The van der Waals surface area contributed by atoms with Crippen LogP contribution in [0.15, 0.2) is 103 Å². The molecule has 1 aromatic rings. The quantitative estimate of drug-likeness (QED) is 0.0904. The molecular weight excluding hydrogens is 995 g/mol. The van der Waals surface area contributed by atoms with Gasteiger partial charge in [0, 0.05) is 189 Å².